The van der Waals surface area contributed by atoms with Crippen molar-refractivity contribution in [2.24, 2.45) is 0 Å². The van der Waals surface area contributed by atoms with Gasteiger partial charge in [-0.05, 0) is 28.7 Å². The molecule has 1 aliphatic rings. The molecule has 0 aromatic heterocycles. The fraction of sp³-hybridized carbons (Fsp3) is 0.235. The number of carbonyl (C=O) groups excluding carboxylic acids is 1. The first kappa shape index (κ1) is 12.0. The standard InChI is InChI=1S/C17H16O2/c1-19-17(18)11-16-14-8-4-2-6-12(14)10-13-7-3-5-9-15(13)16/h2-9,16H,10-11H2,1H3. The normalized spacial score (nSPS) is 13.5. The van der Waals surface area contributed by atoms with Crippen molar-refractivity contribution in [3.05, 3.63) is 70.8 Å². The van der Waals surface area contributed by atoms with Crippen molar-refractivity contribution in [1.82, 2.24) is 0 Å². The maximum atomic E-state index is 11.7. The number of hydrogen-bond donors (Lipinski definition) is 0. The highest BCUT2D eigenvalue weighted by Gasteiger charge is 2.26. The molecule has 0 spiro atoms. The van der Waals surface area contributed by atoms with Gasteiger partial charge in [0, 0.05) is 5.92 Å². The lowest BCUT2D eigenvalue weighted by molar-refractivity contribution is -0.140. The molecule has 2 aromatic rings. The predicted molar refractivity (Wildman–Crippen MR) is 74.2 cm³/mol. The largest absolute Gasteiger partial charge is 0.469 e. The number of esters is 1. The van der Waals surface area contributed by atoms with Crippen molar-refractivity contribution in [1.29, 1.82) is 0 Å². The van der Waals surface area contributed by atoms with Gasteiger partial charge >= 0.3 is 5.97 Å². The van der Waals surface area contributed by atoms with Crippen molar-refractivity contribution >= 4 is 5.97 Å². The molecule has 0 saturated carbocycles. The van der Waals surface area contributed by atoms with Gasteiger partial charge in [-0.2, -0.15) is 0 Å². The van der Waals surface area contributed by atoms with Crippen LogP contribution in [0.1, 0.15) is 34.6 Å². The molecule has 0 aliphatic heterocycles. The average molecular weight is 252 g/mol. The minimum Gasteiger partial charge on any atom is -0.469 e. The molecule has 0 amide bonds. The van der Waals surface area contributed by atoms with E-state index in [0.29, 0.717) is 6.42 Å². The van der Waals surface area contributed by atoms with Gasteiger partial charge in [-0.15, -0.1) is 0 Å². The molecule has 0 N–H and O–H groups in total. The molecule has 0 bridgehead atoms. The molecule has 2 heteroatoms. The molecule has 1 aliphatic carbocycles. The minimum absolute atomic E-state index is 0.119. The third-order valence-electron chi connectivity index (χ3n) is 3.84. The summed E-state index contributed by atoms with van der Waals surface area (Å²) in [5.41, 5.74) is 5.14. The lowest BCUT2D eigenvalue weighted by Crippen LogP contribution is -2.17. The first-order valence-electron chi connectivity index (χ1n) is 6.52. The number of fused-ring (bicyclic) bond motifs is 2. The van der Waals surface area contributed by atoms with E-state index in [0.717, 1.165) is 6.42 Å². The summed E-state index contributed by atoms with van der Waals surface area (Å²) in [7, 11) is 1.45. The monoisotopic (exact) mass is 252 g/mol. The Hall–Kier alpha value is -2.09. The second-order valence-corrected chi connectivity index (χ2v) is 4.91. The molecule has 0 fully saturated rings. The molecule has 0 heterocycles. The summed E-state index contributed by atoms with van der Waals surface area (Å²) in [6.07, 6.45) is 1.36. The first-order chi connectivity index (χ1) is 9.29. The number of ether oxygens (including phenoxy) is 1. The van der Waals surface area contributed by atoms with Crippen LogP contribution in [-0.4, -0.2) is 13.1 Å². The third kappa shape index (κ3) is 2.14. The molecule has 0 unspecified atom stereocenters. The second-order valence-electron chi connectivity index (χ2n) is 4.91. The molecule has 3 rings (SSSR count). The smallest absolute Gasteiger partial charge is 0.306 e. The number of methoxy groups -OCH3 is 1. The highest BCUT2D eigenvalue weighted by molar-refractivity contribution is 5.72. The van der Waals surface area contributed by atoms with Crippen molar-refractivity contribution in [2.45, 2.75) is 18.8 Å². The second kappa shape index (κ2) is 4.88. The molecule has 19 heavy (non-hydrogen) atoms. The summed E-state index contributed by atoms with van der Waals surface area (Å²) < 4.78 is 4.84. The summed E-state index contributed by atoms with van der Waals surface area (Å²) in [5.74, 6) is -0.0369. The van der Waals surface area contributed by atoms with Crippen molar-refractivity contribution in [3.8, 4) is 0 Å². The molecular weight excluding hydrogens is 236 g/mol. The van der Waals surface area contributed by atoms with E-state index in [1.54, 1.807) is 0 Å². The number of benzene rings is 2. The predicted octanol–water partition coefficient (Wildman–Crippen LogP) is 3.29. The van der Waals surface area contributed by atoms with Crippen LogP contribution in [0.5, 0.6) is 0 Å². The first-order valence-corrected chi connectivity index (χ1v) is 6.52. The van der Waals surface area contributed by atoms with Crippen LogP contribution in [0.25, 0.3) is 0 Å². The van der Waals surface area contributed by atoms with Gasteiger partial charge in [-0.1, -0.05) is 48.5 Å². The zero-order valence-corrected chi connectivity index (χ0v) is 10.9. The summed E-state index contributed by atoms with van der Waals surface area (Å²) in [5, 5.41) is 0. The quantitative estimate of drug-likeness (QED) is 0.767. The Kier molecular flexibility index (Phi) is 3.08. The zero-order chi connectivity index (χ0) is 13.2. The van der Waals surface area contributed by atoms with Crippen LogP contribution in [0, 0.1) is 0 Å². The van der Waals surface area contributed by atoms with E-state index < -0.39 is 0 Å². The number of carbonyl (C=O) groups is 1. The molecule has 0 radical (unpaired) electrons. The molecular formula is C17H16O2. The Balaban J connectivity index is 2.08. The van der Waals surface area contributed by atoms with Crippen LogP contribution >= 0.6 is 0 Å². The fourth-order valence-corrected chi connectivity index (χ4v) is 2.91. The molecule has 2 aromatic carbocycles. The van der Waals surface area contributed by atoms with Crippen LogP contribution in [-0.2, 0) is 16.0 Å². The summed E-state index contributed by atoms with van der Waals surface area (Å²) in [6, 6.07) is 16.7. The Labute approximate surface area is 113 Å². The Bertz CT molecular complexity index is 571. The van der Waals surface area contributed by atoms with Gasteiger partial charge in [0.1, 0.15) is 0 Å². The Morgan fingerprint density at radius 1 is 1.05 bits per heavy atom. The SMILES string of the molecule is COC(=O)CC1c2ccccc2Cc2ccccc21. The van der Waals surface area contributed by atoms with Gasteiger partial charge in [0.25, 0.3) is 0 Å². The van der Waals surface area contributed by atoms with Gasteiger partial charge < -0.3 is 4.74 Å². The van der Waals surface area contributed by atoms with Gasteiger partial charge in [0.15, 0.2) is 0 Å². The Morgan fingerprint density at radius 3 is 2.11 bits per heavy atom. The third-order valence-corrected chi connectivity index (χ3v) is 3.84. The highest BCUT2D eigenvalue weighted by atomic mass is 16.5. The van der Waals surface area contributed by atoms with E-state index in [9.17, 15) is 4.79 Å². The van der Waals surface area contributed by atoms with Crippen LogP contribution in [0.3, 0.4) is 0 Å². The average Bonchev–Trinajstić information content (AvgIpc) is 2.46. The Morgan fingerprint density at radius 2 is 1.58 bits per heavy atom. The van der Waals surface area contributed by atoms with Gasteiger partial charge in [-0.25, -0.2) is 0 Å². The van der Waals surface area contributed by atoms with Crippen LogP contribution in [0.2, 0.25) is 0 Å². The van der Waals surface area contributed by atoms with Crippen LogP contribution < -0.4 is 0 Å². The lowest BCUT2D eigenvalue weighted by Gasteiger charge is -2.27. The van der Waals surface area contributed by atoms with E-state index in [4.69, 9.17) is 4.74 Å². The molecule has 0 saturated heterocycles. The minimum atomic E-state index is -0.156. The van der Waals surface area contributed by atoms with Gasteiger partial charge in [0.05, 0.1) is 13.5 Å². The van der Waals surface area contributed by atoms with Crippen molar-refractivity contribution < 1.29 is 9.53 Å². The van der Waals surface area contributed by atoms with Gasteiger partial charge in [-0.3, -0.25) is 4.79 Å². The van der Waals surface area contributed by atoms with E-state index in [-0.39, 0.29) is 11.9 Å². The maximum absolute atomic E-state index is 11.7. The van der Waals surface area contributed by atoms with E-state index >= 15 is 0 Å². The number of rotatable bonds is 2. The summed E-state index contributed by atoms with van der Waals surface area (Å²) >= 11 is 0. The molecule has 96 valence electrons. The van der Waals surface area contributed by atoms with Gasteiger partial charge in [0.2, 0.25) is 0 Å². The van der Waals surface area contributed by atoms with Crippen LogP contribution in [0.4, 0.5) is 0 Å². The topological polar surface area (TPSA) is 26.3 Å². The van der Waals surface area contributed by atoms with Crippen LogP contribution in [0.15, 0.2) is 48.5 Å². The molecule has 0 atom stereocenters. The summed E-state index contributed by atoms with van der Waals surface area (Å²) in [4.78, 5) is 11.7. The molecule has 2 nitrogen and oxygen atoms in total. The van der Waals surface area contributed by atoms with E-state index in [1.165, 1.54) is 29.4 Å². The summed E-state index contributed by atoms with van der Waals surface area (Å²) in [6.45, 7) is 0. The fourth-order valence-electron chi connectivity index (χ4n) is 2.91. The van der Waals surface area contributed by atoms with E-state index in [1.807, 2.05) is 12.1 Å². The highest BCUT2D eigenvalue weighted by Crippen LogP contribution is 2.38. The maximum Gasteiger partial charge on any atom is 0.306 e. The van der Waals surface area contributed by atoms with Crippen molar-refractivity contribution in [3.63, 3.8) is 0 Å². The lowest BCUT2D eigenvalue weighted by atomic mass is 9.77. The van der Waals surface area contributed by atoms with Crippen molar-refractivity contribution in [2.75, 3.05) is 7.11 Å². The van der Waals surface area contributed by atoms with E-state index in [2.05, 4.69) is 36.4 Å². The zero-order valence-electron chi connectivity index (χ0n) is 10.9. The number of hydrogen-bond acceptors (Lipinski definition) is 2.